The first-order chi connectivity index (χ1) is 9.07. The molecule has 0 unspecified atom stereocenters. The Kier molecular flexibility index (Phi) is 107. The Hall–Kier alpha value is -0.240. The lowest BCUT2D eigenvalue weighted by atomic mass is 10.5. The molecule has 0 aliphatic carbocycles. The first-order valence-electron chi connectivity index (χ1n) is 6.91. The summed E-state index contributed by atoms with van der Waals surface area (Å²) in [5.74, 6) is 0. The van der Waals surface area contributed by atoms with Gasteiger partial charge >= 0.3 is 0 Å². The van der Waals surface area contributed by atoms with Crippen molar-refractivity contribution in [3.8, 4) is 0 Å². The topological polar surface area (TPSA) is 133 Å². The molecule has 0 amide bonds. The van der Waals surface area contributed by atoms with Crippen molar-refractivity contribution in [2.45, 2.75) is 47.0 Å². The largest absolute Gasteiger partial charge is 0.397 e. The average Bonchev–Trinajstić information content (AvgIpc) is 2.48. The minimum absolute atomic E-state index is 0.250. The van der Waals surface area contributed by atoms with E-state index >= 15 is 0 Å². The summed E-state index contributed by atoms with van der Waals surface area (Å²) in [5.41, 5.74) is 9.81. The minimum atomic E-state index is 0.250. The van der Waals surface area contributed by atoms with Gasteiger partial charge in [-0.05, 0) is 26.2 Å². The Bertz CT molecular complexity index is 55.7. The van der Waals surface area contributed by atoms with Gasteiger partial charge in [0.25, 0.3) is 0 Å². The van der Waals surface area contributed by atoms with Gasteiger partial charge in [0.2, 0.25) is 0 Å². The molecule has 0 rings (SSSR count). The Morgan fingerprint density at radius 1 is 0.579 bits per heavy atom. The molecular formula is C13H38N2O4. The maximum Gasteiger partial charge on any atom is 0.0428 e. The summed E-state index contributed by atoms with van der Waals surface area (Å²) in [7, 11) is 0. The normalized spacial score (nSPS) is 7.26. The monoisotopic (exact) mass is 286 g/mol. The lowest BCUT2D eigenvalue weighted by Gasteiger charge is -1.72. The molecule has 0 aromatic carbocycles. The van der Waals surface area contributed by atoms with Crippen molar-refractivity contribution in [3.63, 3.8) is 0 Å². The van der Waals surface area contributed by atoms with Crippen molar-refractivity contribution in [2.75, 3.05) is 39.5 Å². The molecule has 0 fully saturated rings. The quantitative estimate of drug-likeness (QED) is 0.433. The van der Waals surface area contributed by atoms with Crippen molar-refractivity contribution in [1.29, 1.82) is 0 Å². The summed E-state index contributed by atoms with van der Waals surface area (Å²) in [4.78, 5) is 0. The second-order valence-electron chi connectivity index (χ2n) is 3.06. The molecule has 6 nitrogen and oxygen atoms in total. The van der Waals surface area contributed by atoms with E-state index in [9.17, 15) is 0 Å². The number of hydrogen-bond donors (Lipinski definition) is 6. The molecule has 0 spiro atoms. The second-order valence-corrected chi connectivity index (χ2v) is 3.06. The maximum absolute atomic E-state index is 7.88. The van der Waals surface area contributed by atoms with Gasteiger partial charge in [-0.15, -0.1) is 0 Å². The second kappa shape index (κ2) is 65.0. The molecule has 6 heteroatoms. The molecule has 19 heavy (non-hydrogen) atoms. The van der Waals surface area contributed by atoms with Crippen LogP contribution in [0.5, 0.6) is 0 Å². The van der Waals surface area contributed by atoms with Crippen LogP contribution in [0.25, 0.3) is 0 Å². The highest BCUT2D eigenvalue weighted by Gasteiger charge is 1.58. The predicted octanol–water partition coefficient (Wildman–Crippen LogP) is 0.0685. The van der Waals surface area contributed by atoms with Crippen LogP contribution in [0.4, 0.5) is 0 Å². The summed E-state index contributed by atoms with van der Waals surface area (Å²) < 4.78 is 0. The molecule has 0 saturated heterocycles. The average molecular weight is 286 g/mol. The van der Waals surface area contributed by atoms with Crippen LogP contribution in [-0.4, -0.2) is 59.9 Å². The summed E-state index contributed by atoms with van der Waals surface area (Å²) >= 11 is 0. The van der Waals surface area contributed by atoms with E-state index in [4.69, 9.17) is 31.9 Å². The molecular weight excluding hydrogens is 248 g/mol. The highest BCUT2D eigenvalue weighted by atomic mass is 16.3. The summed E-state index contributed by atoms with van der Waals surface area (Å²) in [6.07, 6.45) is 2.62. The van der Waals surface area contributed by atoms with E-state index in [0.29, 0.717) is 32.9 Å². The smallest absolute Gasteiger partial charge is 0.0428 e. The van der Waals surface area contributed by atoms with Gasteiger partial charge in [-0.1, -0.05) is 20.8 Å². The first kappa shape index (κ1) is 31.3. The zero-order valence-corrected chi connectivity index (χ0v) is 13.3. The lowest BCUT2D eigenvalue weighted by Crippen LogP contribution is -2.11. The molecule has 0 radical (unpaired) electrons. The van der Waals surface area contributed by atoms with Gasteiger partial charge < -0.3 is 31.9 Å². The number of aliphatic hydroxyl groups is 4. The molecule has 0 aromatic heterocycles. The van der Waals surface area contributed by atoms with Gasteiger partial charge in [0.05, 0.1) is 0 Å². The highest BCUT2D eigenvalue weighted by molar-refractivity contribution is 4.26. The Morgan fingerprint density at radius 2 is 0.684 bits per heavy atom. The van der Waals surface area contributed by atoms with Crippen molar-refractivity contribution in [2.24, 2.45) is 11.5 Å². The maximum atomic E-state index is 7.88. The third-order valence-corrected chi connectivity index (χ3v) is 0.837. The molecule has 124 valence electrons. The number of hydrogen-bond acceptors (Lipinski definition) is 6. The van der Waals surface area contributed by atoms with Crippen LogP contribution in [-0.2, 0) is 0 Å². The minimum Gasteiger partial charge on any atom is -0.397 e. The molecule has 0 aliphatic heterocycles. The molecule has 0 atom stereocenters. The lowest BCUT2D eigenvalue weighted by molar-refractivity contribution is 0.294. The van der Waals surface area contributed by atoms with Crippen LogP contribution in [0.3, 0.4) is 0 Å². The van der Waals surface area contributed by atoms with E-state index in [0.717, 1.165) is 19.3 Å². The van der Waals surface area contributed by atoms with Crippen LogP contribution < -0.4 is 11.5 Å². The fourth-order valence-electron chi connectivity index (χ4n) is 0. The third kappa shape index (κ3) is 312. The molecule has 8 N–H and O–H groups in total. The summed E-state index contributed by atoms with van der Waals surface area (Å²) in [6, 6.07) is 0. The summed E-state index contributed by atoms with van der Waals surface area (Å²) in [5, 5.41) is 31.2. The van der Waals surface area contributed by atoms with Gasteiger partial charge in [-0.25, -0.2) is 0 Å². The van der Waals surface area contributed by atoms with Gasteiger partial charge in [0, 0.05) is 39.5 Å². The Balaban J connectivity index is -0.0000000432. The van der Waals surface area contributed by atoms with Crippen molar-refractivity contribution >= 4 is 0 Å². The molecule has 0 aliphatic rings. The van der Waals surface area contributed by atoms with Crippen LogP contribution in [0.1, 0.15) is 47.0 Å². The highest BCUT2D eigenvalue weighted by Crippen LogP contribution is 1.62. The molecule has 0 bridgehead atoms. The fraction of sp³-hybridized carbons (Fsp3) is 1.00. The van der Waals surface area contributed by atoms with Crippen molar-refractivity contribution in [3.05, 3.63) is 0 Å². The van der Waals surface area contributed by atoms with Crippen LogP contribution in [0.2, 0.25) is 0 Å². The Morgan fingerprint density at radius 3 is 0.684 bits per heavy atom. The van der Waals surface area contributed by atoms with Crippen LogP contribution >= 0.6 is 0 Å². The zero-order chi connectivity index (χ0) is 16.4. The van der Waals surface area contributed by atoms with Crippen LogP contribution in [0, 0.1) is 0 Å². The van der Waals surface area contributed by atoms with Crippen LogP contribution in [0.15, 0.2) is 0 Å². The first-order valence-corrected chi connectivity index (χ1v) is 6.91. The van der Waals surface area contributed by atoms with E-state index in [-0.39, 0.29) is 6.61 Å². The van der Waals surface area contributed by atoms with E-state index < -0.39 is 0 Å². The van der Waals surface area contributed by atoms with Gasteiger partial charge in [-0.2, -0.15) is 0 Å². The molecule has 0 saturated carbocycles. The number of nitrogens with two attached hydrogens (primary N) is 2. The SMILES string of the molecule is CCCO.CCCO.CCCO.CCO.NCCN. The van der Waals surface area contributed by atoms with Gasteiger partial charge in [0.15, 0.2) is 0 Å². The molecule has 0 heterocycles. The van der Waals surface area contributed by atoms with Crippen molar-refractivity contribution in [1.82, 2.24) is 0 Å². The standard InChI is InChI=1S/3C3H8O.C2H8N2.C2H6O/c3*1-2-3-4;3-1-2-4;1-2-3/h3*4H,2-3H2,1H3;1-4H2;3H,2H2,1H3. The molecule has 0 aromatic rings. The number of aliphatic hydroxyl groups excluding tert-OH is 4. The van der Waals surface area contributed by atoms with E-state index in [2.05, 4.69) is 0 Å². The zero-order valence-electron chi connectivity index (χ0n) is 13.3. The van der Waals surface area contributed by atoms with Gasteiger partial charge in [0.1, 0.15) is 0 Å². The predicted molar refractivity (Wildman–Crippen MR) is 83.0 cm³/mol. The van der Waals surface area contributed by atoms with E-state index in [1.54, 1.807) is 6.92 Å². The number of rotatable bonds is 4. The fourth-order valence-corrected chi connectivity index (χ4v) is 0. The van der Waals surface area contributed by atoms with E-state index in [1.165, 1.54) is 0 Å². The van der Waals surface area contributed by atoms with Gasteiger partial charge in [-0.3, -0.25) is 0 Å². The van der Waals surface area contributed by atoms with Crippen molar-refractivity contribution < 1.29 is 20.4 Å². The Labute approximate surface area is 119 Å². The third-order valence-electron chi connectivity index (χ3n) is 0.837. The van der Waals surface area contributed by atoms with E-state index in [1.807, 2.05) is 20.8 Å². The summed E-state index contributed by atoms with van der Waals surface area (Å²) in [6.45, 7) is 9.87.